The molecule has 0 aliphatic carbocycles. The highest BCUT2D eigenvalue weighted by atomic mass is 16.6. The van der Waals surface area contributed by atoms with Gasteiger partial charge in [-0.05, 0) is 22.3 Å². The summed E-state index contributed by atoms with van der Waals surface area (Å²) in [5, 5.41) is 0. The van der Waals surface area contributed by atoms with E-state index in [0.29, 0.717) is 26.4 Å². The predicted octanol–water partition coefficient (Wildman–Crippen LogP) is 6.51. The third-order valence-electron chi connectivity index (χ3n) is 6.40. The van der Waals surface area contributed by atoms with Crippen molar-refractivity contribution in [1.82, 2.24) is 0 Å². The Morgan fingerprint density at radius 1 is 0.500 bits per heavy atom. The molecule has 0 radical (unpaired) electrons. The van der Waals surface area contributed by atoms with Crippen LogP contribution in [0.4, 0.5) is 0 Å². The van der Waals surface area contributed by atoms with Crippen LogP contribution in [0.25, 0.3) is 0 Å². The van der Waals surface area contributed by atoms with Crippen LogP contribution in [0.3, 0.4) is 0 Å². The molecule has 1 aliphatic rings. The minimum Gasteiger partial charge on any atom is -0.374 e. The highest BCUT2D eigenvalue weighted by Crippen LogP contribution is 2.38. The van der Waals surface area contributed by atoms with Crippen LogP contribution in [0.15, 0.2) is 121 Å². The van der Waals surface area contributed by atoms with Crippen LogP contribution >= 0.6 is 0 Å². The zero-order valence-corrected chi connectivity index (χ0v) is 20.3. The predicted molar refractivity (Wildman–Crippen MR) is 140 cm³/mol. The van der Waals surface area contributed by atoms with Gasteiger partial charge in [-0.15, -0.1) is 0 Å². The van der Waals surface area contributed by atoms with Crippen LogP contribution < -0.4 is 0 Å². The van der Waals surface area contributed by atoms with E-state index in [1.165, 1.54) is 0 Å². The number of rotatable bonds is 11. The third-order valence-corrected chi connectivity index (χ3v) is 6.40. The Balaban J connectivity index is 1.35. The molecule has 4 atom stereocenters. The molecule has 4 aromatic rings. The van der Waals surface area contributed by atoms with Crippen molar-refractivity contribution >= 4 is 0 Å². The molecule has 0 N–H and O–H groups in total. The first kappa shape index (κ1) is 24.4. The summed E-state index contributed by atoms with van der Waals surface area (Å²) in [4.78, 5) is 0. The molecule has 184 valence electrons. The Hall–Kier alpha value is -3.28. The van der Waals surface area contributed by atoms with E-state index in [0.717, 1.165) is 22.3 Å². The number of hydrogen-bond donors (Lipinski definition) is 0. The van der Waals surface area contributed by atoms with Gasteiger partial charge in [0.05, 0.1) is 26.4 Å². The maximum absolute atomic E-state index is 6.61. The lowest BCUT2D eigenvalue weighted by atomic mass is 10.0. The average molecular weight is 481 g/mol. The molecular formula is C32H32O4. The Morgan fingerprint density at radius 3 is 1.47 bits per heavy atom. The Labute approximate surface area is 213 Å². The van der Waals surface area contributed by atoms with E-state index in [9.17, 15) is 0 Å². The number of benzene rings is 4. The summed E-state index contributed by atoms with van der Waals surface area (Å²) in [6, 6.07) is 40.9. The Kier molecular flexibility index (Phi) is 8.55. The van der Waals surface area contributed by atoms with Gasteiger partial charge in [-0.25, -0.2) is 0 Å². The Bertz CT molecular complexity index is 1150. The Morgan fingerprint density at radius 2 is 0.944 bits per heavy atom. The van der Waals surface area contributed by atoms with Crippen molar-refractivity contribution in [1.29, 1.82) is 0 Å². The molecule has 1 saturated heterocycles. The molecule has 4 heteroatoms. The number of hydrogen-bond acceptors (Lipinski definition) is 4. The maximum Gasteiger partial charge on any atom is 0.117 e. The van der Waals surface area contributed by atoms with Crippen LogP contribution in [-0.2, 0) is 38.8 Å². The highest BCUT2D eigenvalue weighted by Gasteiger charge is 2.47. The molecule has 1 aliphatic heterocycles. The van der Waals surface area contributed by atoms with Gasteiger partial charge in [-0.2, -0.15) is 0 Å². The number of ether oxygens (including phenoxy) is 4. The van der Waals surface area contributed by atoms with Gasteiger partial charge in [-0.1, -0.05) is 121 Å². The average Bonchev–Trinajstić information content (AvgIpc) is 3.30. The van der Waals surface area contributed by atoms with E-state index in [4.69, 9.17) is 18.9 Å². The van der Waals surface area contributed by atoms with Crippen molar-refractivity contribution in [2.24, 2.45) is 0 Å². The van der Waals surface area contributed by atoms with E-state index >= 15 is 0 Å². The van der Waals surface area contributed by atoms with Gasteiger partial charge in [0, 0.05) is 0 Å². The van der Waals surface area contributed by atoms with Crippen LogP contribution in [0.2, 0.25) is 0 Å². The van der Waals surface area contributed by atoms with Gasteiger partial charge < -0.3 is 18.9 Å². The van der Waals surface area contributed by atoms with Crippen molar-refractivity contribution in [3.63, 3.8) is 0 Å². The lowest BCUT2D eigenvalue weighted by molar-refractivity contribution is -0.0898. The van der Waals surface area contributed by atoms with Crippen molar-refractivity contribution in [2.45, 2.75) is 44.2 Å². The maximum atomic E-state index is 6.61. The lowest BCUT2D eigenvalue weighted by Gasteiger charge is -2.25. The summed E-state index contributed by atoms with van der Waals surface area (Å²) in [6.45, 7) is 1.91. The minimum atomic E-state index is -0.283. The molecule has 5 rings (SSSR count). The fourth-order valence-electron chi connectivity index (χ4n) is 4.56. The second-order valence-corrected chi connectivity index (χ2v) is 9.03. The van der Waals surface area contributed by atoms with Gasteiger partial charge in [0.25, 0.3) is 0 Å². The standard InChI is InChI=1S/C32H32O4/c1-5-13-25(14-6-1)21-33-24-29-31(34-22-26-15-7-2-8-16-26)32(35-23-27-17-9-3-10-18-27)30(36-29)28-19-11-4-12-20-28/h1-20,29-32H,21-24H2/t29-,30+,31-,32+/m1/s1. The topological polar surface area (TPSA) is 36.9 Å². The molecule has 36 heavy (non-hydrogen) atoms. The molecule has 0 unspecified atom stereocenters. The van der Waals surface area contributed by atoms with Gasteiger partial charge >= 0.3 is 0 Å². The largest absolute Gasteiger partial charge is 0.374 e. The molecule has 1 heterocycles. The molecular weight excluding hydrogens is 448 g/mol. The zero-order chi connectivity index (χ0) is 24.4. The summed E-state index contributed by atoms with van der Waals surface area (Å²) >= 11 is 0. The van der Waals surface area contributed by atoms with Crippen LogP contribution in [0.1, 0.15) is 28.4 Å². The first-order valence-corrected chi connectivity index (χ1v) is 12.5. The zero-order valence-electron chi connectivity index (χ0n) is 20.3. The van der Waals surface area contributed by atoms with Crippen molar-refractivity contribution in [2.75, 3.05) is 6.61 Å². The summed E-state index contributed by atoms with van der Waals surface area (Å²) in [7, 11) is 0. The SMILES string of the molecule is c1ccc(COC[C@H]2O[C@@H](c3ccccc3)[C@H](OCc3ccccc3)[C@@H]2OCc2ccccc2)cc1. The third kappa shape index (κ3) is 6.48. The van der Waals surface area contributed by atoms with Crippen molar-refractivity contribution < 1.29 is 18.9 Å². The van der Waals surface area contributed by atoms with E-state index in [1.54, 1.807) is 0 Å². The summed E-state index contributed by atoms with van der Waals surface area (Å²) < 4.78 is 25.8. The highest BCUT2D eigenvalue weighted by molar-refractivity contribution is 5.22. The lowest BCUT2D eigenvalue weighted by Crippen LogP contribution is -2.37. The molecule has 4 nitrogen and oxygen atoms in total. The normalized spacial score (nSPS) is 21.4. The van der Waals surface area contributed by atoms with E-state index < -0.39 is 0 Å². The summed E-state index contributed by atoms with van der Waals surface area (Å²) in [5.74, 6) is 0. The minimum absolute atomic E-state index is 0.249. The monoisotopic (exact) mass is 480 g/mol. The molecule has 0 saturated carbocycles. The van der Waals surface area contributed by atoms with E-state index in [-0.39, 0.29) is 24.4 Å². The second-order valence-electron chi connectivity index (χ2n) is 9.03. The smallest absolute Gasteiger partial charge is 0.117 e. The van der Waals surface area contributed by atoms with Gasteiger partial charge in [0.1, 0.15) is 24.4 Å². The van der Waals surface area contributed by atoms with Crippen LogP contribution in [-0.4, -0.2) is 24.9 Å². The van der Waals surface area contributed by atoms with Crippen LogP contribution in [0, 0.1) is 0 Å². The first-order valence-electron chi connectivity index (χ1n) is 12.5. The second kappa shape index (κ2) is 12.6. The van der Waals surface area contributed by atoms with Crippen molar-refractivity contribution in [3.8, 4) is 0 Å². The van der Waals surface area contributed by atoms with Crippen molar-refractivity contribution in [3.05, 3.63) is 144 Å². The molecule has 4 aromatic carbocycles. The summed E-state index contributed by atoms with van der Waals surface area (Å²) in [6.07, 6.45) is -1.07. The molecule has 0 spiro atoms. The van der Waals surface area contributed by atoms with Gasteiger partial charge in [0.15, 0.2) is 0 Å². The molecule has 1 fully saturated rings. The molecule has 0 bridgehead atoms. The van der Waals surface area contributed by atoms with E-state index in [1.807, 2.05) is 72.8 Å². The molecule has 0 amide bonds. The fraction of sp³-hybridized carbons (Fsp3) is 0.250. The van der Waals surface area contributed by atoms with Gasteiger partial charge in [0.2, 0.25) is 0 Å². The first-order chi connectivity index (χ1) is 17.9. The quantitative estimate of drug-likeness (QED) is 0.245. The summed E-state index contributed by atoms with van der Waals surface area (Å²) in [5.41, 5.74) is 4.45. The van der Waals surface area contributed by atoms with Crippen LogP contribution in [0.5, 0.6) is 0 Å². The fourth-order valence-corrected chi connectivity index (χ4v) is 4.56. The molecule has 0 aromatic heterocycles. The van der Waals surface area contributed by atoms with E-state index in [2.05, 4.69) is 48.5 Å². The van der Waals surface area contributed by atoms with Gasteiger partial charge in [-0.3, -0.25) is 0 Å².